The molecule has 1 amide bonds. The molecule has 1 saturated heterocycles. The summed E-state index contributed by atoms with van der Waals surface area (Å²) in [7, 11) is 0. The van der Waals surface area contributed by atoms with E-state index in [1.807, 2.05) is 11.8 Å². The number of carbonyl (C=O) groups is 2. The van der Waals surface area contributed by atoms with E-state index in [0.29, 0.717) is 32.6 Å². The van der Waals surface area contributed by atoms with Crippen LogP contribution in [0.4, 0.5) is 0 Å². The van der Waals surface area contributed by atoms with Gasteiger partial charge in [0.05, 0.1) is 19.3 Å². The first-order chi connectivity index (χ1) is 7.65. The molecule has 1 unspecified atom stereocenters. The van der Waals surface area contributed by atoms with Crippen LogP contribution in [0.1, 0.15) is 32.6 Å². The molecule has 5 heteroatoms. The largest absolute Gasteiger partial charge is 0.481 e. The van der Waals surface area contributed by atoms with Gasteiger partial charge in [-0.25, -0.2) is 0 Å². The van der Waals surface area contributed by atoms with Crippen molar-refractivity contribution in [2.75, 3.05) is 19.8 Å². The minimum atomic E-state index is -0.846. The highest BCUT2D eigenvalue weighted by molar-refractivity contribution is 5.77. The molecule has 1 aliphatic rings. The van der Waals surface area contributed by atoms with Gasteiger partial charge in [0, 0.05) is 19.4 Å². The number of nitrogens with zero attached hydrogens (tertiary/aromatic N) is 1. The second-order valence-electron chi connectivity index (χ2n) is 3.97. The molecule has 0 saturated carbocycles. The average molecular weight is 229 g/mol. The summed E-state index contributed by atoms with van der Waals surface area (Å²) in [6.07, 6.45) is 1.68. The van der Waals surface area contributed by atoms with Gasteiger partial charge < -0.3 is 14.7 Å². The summed E-state index contributed by atoms with van der Waals surface area (Å²) in [6, 6.07) is 0.158. The van der Waals surface area contributed by atoms with Crippen LogP contribution in [-0.2, 0) is 14.3 Å². The van der Waals surface area contributed by atoms with E-state index >= 15 is 0 Å². The van der Waals surface area contributed by atoms with E-state index in [1.165, 1.54) is 0 Å². The van der Waals surface area contributed by atoms with Crippen molar-refractivity contribution >= 4 is 11.9 Å². The van der Waals surface area contributed by atoms with E-state index in [2.05, 4.69) is 0 Å². The van der Waals surface area contributed by atoms with Gasteiger partial charge in [-0.2, -0.15) is 0 Å². The number of hydrogen-bond acceptors (Lipinski definition) is 3. The number of amides is 1. The summed E-state index contributed by atoms with van der Waals surface area (Å²) in [6.45, 7) is 3.84. The second kappa shape index (κ2) is 6.48. The number of rotatable bonds is 5. The summed E-state index contributed by atoms with van der Waals surface area (Å²) < 4.78 is 5.31. The Morgan fingerprint density at radius 3 is 2.81 bits per heavy atom. The lowest BCUT2D eigenvalue weighted by molar-refractivity contribution is -0.140. The van der Waals surface area contributed by atoms with Gasteiger partial charge >= 0.3 is 5.97 Å². The monoisotopic (exact) mass is 229 g/mol. The van der Waals surface area contributed by atoms with Crippen molar-refractivity contribution in [3.05, 3.63) is 0 Å². The van der Waals surface area contributed by atoms with E-state index in [4.69, 9.17) is 9.84 Å². The molecule has 0 spiro atoms. The average Bonchev–Trinajstić information content (AvgIpc) is 2.28. The molecule has 1 N–H and O–H groups in total. The maximum Gasteiger partial charge on any atom is 0.303 e. The lowest BCUT2D eigenvalue weighted by atomic mass is 10.1. The van der Waals surface area contributed by atoms with Crippen molar-refractivity contribution < 1.29 is 19.4 Å². The van der Waals surface area contributed by atoms with Gasteiger partial charge in [0.2, 0.25) is 5.91 Å². The van der Waals surface area contributed by atoms with E-state index < -0.39 is 5.97 Å². The highest BCUT2D eigenvalue weighted by atomic mass is 16.5. The number of carbonyl (C=O) groups excluding carboxylic acids is 1. The number of carboxylic acids is 1. The van der Waals surface area contributed by atoms with E-state index in [9.17, 15) is 9.59 Å². The number of ether oxygens (including phenoxy) is 1. The van der Waals surface area contributed by atoms with Crippen molar-refractivity contribution in [3.8, 4) is 0 Å². The third kappa shape index (κ3) is 3.81. The first kappa shape index (κ1) is 13.0. The lowest BCUT2D eigenvalue weighted by Crippen LogP contribution is -2.48. The zero-order valence-corrected chi connectivity index (χ0v) is 9.65. The maximum absolute atomic E-state index is 11.8. The Morgan fingerprint density at radius 1 is 1.44 bits per heavy atom. The molecule has 16 heavy (non-hydrogen) atoms. The number of morpholine rings is 1. The molecule has 1 rings (SSSR count). The third-order valence-electron chi connectivity index (χ3n) is 2.80. The minimum Gasteiger partial charge on any atom is -0.481 e. The summed E-state index contributed by atoms with van der Waals surface area (Å²) >= 11 is 0. The Labute approximate surface area is 95.4 Å². The van der Waals surface area contributed by atoms with Gasteiger partial charge in [0.1, 0.15) is 0 Å². The van der Waals surface area contributed by atoms with Gasteiger partial charge in [-0.1, -0.05) is 6.92 Å². The molecule has 92 valence electrons. The van der Waals surface area contributed by atoms with Gasteiger partial charge in [0.15, 0.2) is 0 Å². The number of aliphatic carboxylic acids is 1. The van der Waals surface area contributed by atoms with Crippen molar-refractivity contribution in [3.63, 3.8) is 0 Å². The molecule has 0 aromatic heterocycles. The van der Waals surface area contributed by atoms with E-state index in [1.54, 1.807) is 0 Å². The van der Waals surface area contributed by atoms with Crippen LogP contribution in [-0.4, -0.2) is 47.7 Å². The quantitative estimate of drug-likeness (QED) is 0.760. The molecule has 0 aromatic carbocycles. The van der Waals surface area contributed by atoms with Gasteiger partial charge in [-0.05, 0) is 12.8 Å². The second-order valence-corrected chi connectivity index (χ2v) is 3.97. The molecule has 0 aromatic rings. The molecule has 0 radical (unpaired) electrons. The van der Waals surface area contributed by atoms with E-state index in [0.717, 1.165) is 6.42 Å². The Bertz CT molecular complexity index is 254. The zero-order chi connectivity index (χ0) is 12.0. The fraction of sp³-hybridized carbons (Fsp3) is 0.818. The Hall–Kier alpha value is -1.10. The van der Waals surface area contributed by atoms with Crippen molar-refractivity contribution in [2.24, 2.45) is 0 Å². The fourth-order valence-corrected chi connectivity index (χ4v) is 1.86. The standard InChI is InChI=1S/C11H19NO4/c1-2-9-8-16-7-6-12(9)10(13)4-3-5-11(14)15/h9H,2-8H2,1H3,(H,14,15). The van der Waals surface area contributed by atoms with Crippen LogP contribution in [0.5, 0.6) is 0 Å². The van der Waals surface area contributed by atoms with Crippen LogP contribution in [0.25, 0.3) is 0 Å². The summed E-state index contributed by atoms with van der Waals surface area (Å²) in [5.41, 5.74) is 0. The van der Waals surface area contributed by atoms with Gasteiger partial charge in [-0.15, -0.1) is 0 Å². The Balaban J connectivity index is 2.35. The fourth-order valence-electron chi connectivity index (χ4n) is 1.86. The normalized spacial score (nSPS) is 20.8. The molecular formula is C11H19NO4. The maximum atomic E-state index is 11.8. The van der Waals surface area contributed by atoms with Crippen molar-refractivity contribution in [1.82, 2.24) is 4.90 Å². The molecule has 1 aliphatic heterocycles. The van der Waals surface area contributed by atoms with Crippen LogP contribution in [0.15, 0.2) is 0 Å². The predicted molar refractivity (Wildman–Crippen MR) is 58.1 cm³/mol. The third-order valence-corrected chi connectivity index (χ3v) is 2.80. The highest BCUT2D eigenvalue weighted by Gasteiger charge is 2.25. The molecule has 1 fully saturated rings. The van der Waals surface area contributed by atoms with E-state index in [-0.39, 0.29) is 18.4 Å². The Kier molecular flexibility index (Phi) is 5.25. The molecule has 1 atom stereocenters. The molecule has 1 heterocycles. The molecule has 0 bridgehead atoms. The Morgan fingerprint density at radius 2 is 2.19 bits per heavy atom. The molecular weight excluding hydrogens is 210 g/mol. The summed E-state index contributed by atoms with van der Waals surface area (Å²) in [5.74, 6) is -0.793. The predicted octanol–water partition coefficient (Wildman–Crippen LogP) is 0.879. The first-order valence-electron chi connectivity index (χ1n) is 5.74. The zero-order valence-electron chi connectivity index (χ0n) is 9.65. The smallest absolute Gasteiger partial charge is 0.303 e. The number of carboxylic acid groups (broad SMARTS) is 1. The van der Waals surface area contributed by atoms with Crippen LogP contribution < -0.4 is 0 Å². The molecule has 0 aliphatic carbocycles. The summed E-state index contributed by atoms with van der Waals surface area (Å²) in [4.78, 5) is 24.0. The summed E-state index contributed by atoms with van der Waals surface area (Å²) in [5, 5.41) is 8.49. The van der Waals surface area contributed by atoms with Crippen molar-refractivity contribution in [1.29, 1.82) is 0 Å². The van der Waals surface area contributed by atoms with Crippen LogP contribution in [0.2, 0.25) is 0 Å². The highest BCUT2D eigenvalue weighted by Crippen LogP contribution is 2.12. The molecule has 5 nitrogen and oxygen atoms in total. The van der Waals surface area contributed by atoms with Crippen LogP contribution in [0, 0.1) is 0 Å². The minimum absolute atomic E-state index is 0.0522. The lowest BCUT2D eigenvalue weighted by Gasteiger charge is -2.35. The van der Waals surface area contributed by atoms with Crippen molar-refractivity contribution in [2.45, 2.75) is 38.6 Å². The topological polar surface area (TPSA) is 66.8 Å². The van der Waals surface area contributed by atoms with Crippen LogP contribution >= 0.6 is 0 Å². The first-order valence-corrected chi connectivity index (χ1v) is 5.74. The van der Waals surface area contributed by atoms with Crippen LogP contribution in [0.3, 0.4) is 0 Å². The number of hydrogen-bond donors (Lipinski definition) is 1. The van der Waals surface area contributed by atoms with Gasteiger partial charge in [-0.3, -0.25) is 9.59 Å². The SMILES string of the molecule is CCC1COCCN1C(=O)CCCC(=O)O. The van der Waals surface area contributed by atoms with Gasteiger partial charge in [0.25, 0.3) is 0 Å².